The van der Waals surface area contributed by atoms with Crippen LogP contribution in [0.15, 0.2) is 0 Å². The van der Waals surface area contributed by atoms with Gasteiger partial charge in [0.15, 0.2) is 0 Å². The molecular weight excluding hydrogens is 238 g/mol. The molecule has 19 heavy (non-hydrogen) atoms. The van der Waals surface area contributed by atoms with Gasteiger partial charge in [0, 0.05) is 25.2 Å². The lowest BCUT2D eigenvalue weighted by molar-refractivity contribution is -0.139. The summed E-state index contributed by atoms with van der Waals surface area (Å²) in [6.07, 6.45) is 8.61. The number of amides is 1. The molecule has 110 valence electrons. The molecule has 0 spiro atoms. The highest BCUT2D eigenvalue weighted by atomic mass is 16.2. The predicted molar refractivity (Wildman–Crippen MR) is 77.9 cm³/mol. The molecule has 2 unspecified atom stereocenters. The topological polar surface area (TPSA) is 49.6 Å². The molecule has 4 heteroatoms. The van der Waals surface area contributed by atoms with E-state index in [1.165, 1.54) is 38.5 Å². The van der Waals surface area contributed by atoms with Gasteiger partial charge in [-0.1, -0.05) is 25.7 Å². The number of nitrogens with two attached hydrogens (primary N) is 1. The molecule has 2 atom stereocenters. The summed E-state index contributed by atoms with van der Waals surface area (Å²) in [5.74, 6) is 0.266. The smallest absolute Gasteiger partial charge is 0.241 e. The summed E-state index contributed by atoms with van der Waals surface area (Å²) < 4.78 is 0. The van der Waals surface area contributed by atoms with Crippen molar-refractivity contribution in [2.45, 2.75) is 70.0 Å². The average molecular weight is 267 g/mol. The fraction of sp³-hybridized carbons (Fsp3) is 0.933. The molecule has 1 aliphatic carbocycles. The van der Waals surface area contributed by atoms with Crippen molar-refractivity contribution in [1.29, 1.82) is 0 Å². The first-order chi connectivity index (χ1) is 9.15. The van der Waals surface area contributed by atoms with Crippen LogP contribution >= 0.6 is 0 Å². The first-order valence-electron chi connectivity index (χ1n) is 7.87. The largest absolute Gasteiger partial charge is 0.336 e. The first kappa shape index (κ1) is 14.8. The molecule has 2 N–H and O–H groups in total. The van der Waals surface area contributed by atoms with Gasteiger partial charge >= 0.3 is 0 Å². The standard InChI is InChI=1S/C15H29N3O/c1-12-9-10-17(2)14(11-16)15(19)18(12)13-7-5-3-4-6-8-13/h12-14H,3-11,16H2,1-2H3. The minimum Gasteiger partial charge on any atom is -0.336 e. The Labute approximate surface area is 117 Å². The van der Waals surface area contributed by atoms with E-state index in [0.29, 0.717) is 18.6 Å². The molecule has 1 amide bonds. The summed E-state index contributed by atoms with van der Waals surface area (Å²) >= 11 is 0. The fourth-order valence-corrected chi connectivity index (χ4v) is 3.62. The molecule has 0 aromatic heterocycles. The van der Waals surface area contributed by atoms with Crippen LogP contribution < -0.4 is 5.73 Å². The minimum atomic E-state index is -0.117. The molecule has 1 saturated heterocycles. The zero-order chi connectivity index (χ0) is 13.8. The van der Waals surface area contributed by atoms with E-state index in [4.69, 9.17) is 5.73 Å². The molecule has 2 fully saturated rings. The second-order valence-electron chi connectivity index (χ2n) is 6.26. The van der Waals surface area contributed by atoms with Crippen LogP contribution in [-0.4, -0.2) is 54.0 Å². The Kier molecular flexibility index (Phi) is 5.22. The van der Waals surface area contributed by atoms with Gasteiger partial charge in [0.25, 0.3) is 0 Å². The summed E-state index contributed by atoms with van der Waals surface area (Å²) in [5, 5.41) is 0. The molecule has 0 aromatic carbocycles. The van der Waals surface area contributed by atoms with E-state index in [1.807, 2.05) is 7.05 Å². The molecule has 1 heterocycles. The van der Waals surface area contributed by atoms with Gasteiger partial charge in [-0.15, -0.1) is 0 Å². The van der Waals surface area contributed by atoms with Gasteiger partial charge in [-0.05, 0) is 33.2 Å². The number of carbonyl (C=O) groups excluding carboxylic acids is 1. The maximum atomic E-state index is 12.8. The molecule has 0 aromatic rings. The van der Waals surface area contributed by atoms with Crippen molar-refractivity contribution in [2.75, 3.05) is 20.1 Å². The summed E-state index contributed by atoms with van der Waals surface area (Å²) in [7, 11) is 2.03. The van der Waals surface area contributed by atoms with Crippen LogP contribution in [0.25, 0.3) is 0 Å². The van der Waals surface area contributed by atoms with Crippen LogP contribution in [-0.2, 0) is 4.79 Å². The monoisotopic (exact) mass is 267 g/mol. The maximum Gasteiger partial charge on any atom is 0.241 e. The molecular formula is C15H29N3O. The Morgan fingerprint density at radius 3 is 2.37 bits per heavy atom. The van der Waals surface area contributed by atoms with Gasteiger partial charge in [-0.3, -0.25) is 9.69 Å². The number of carbonyl (C=O) groups is 1. The Bertz CT molecular complexity index is 300. The molecule has 0 radical (unpaired) electrons. The number of hydrogen-bond acceptors (Lipinski definition) is 3. The van der Waals surface area contributed by atoms with Gasteiger partial charge in [-0.2, -0.15) is 0 Å². The van der Waals surface area contributed by atoms with Crippen LogP contribution in [0.1, 0.15) is 51.9 Å². The fourth-order valence-electron chi connectivity index (χ4n) is 3.62. The highest BCUT2D eigenvalue weighted by molar-refractivity contribution is 5.83. The van der Waals surface area contributed by atoms with Crippen molar-refractivity contribution < 1.29 is 4.79 Å². The third kappa shape index (κ3) is 3.29. The molecule has 2 aliphatic rings. The van der Waals surface area contributed by atoms with E-state index in [2.05, 4.69) is 16.7 Å². The number of rotatable bonds is 2. The van der Waals surface area contributed by atoms with E-state index >= 15 is 0 Å². The van der Waals surface area contributed by atoms with Gasteiger partial charge in [-0.25, -0.2) is 0 Å². The second kappa shape index (κ2) is 6.71. The van der Waals surface area contributed by atoms with Gasteiger partial charge in [0.2, 0.25) is 5.91 Å². The van der Waals surface area contributed by atoms with E-state index in [-0.39, 0.29) is 11.9 Å². The minimum absolute atomic E-state index is 0.117. The normalized spacial score (nSPS) is 32.2. The Balaban J connectivity index is 2.16. The van der Waals surface area contributed by atoms with Crippen LogP contribution in [0.5, 0.6) is 0 Å². The van der Waals surface area contributed by atoms with E-state index in [1.54, 1.807) is 0 Å². The van der Waals surface area contributed by atoms with Gasteiger partial charge in [0.1, 0.15) is 6.04 Å². The van der Waals surface area contributed by atoms with Crippen molar-refractivity contribution in [2.24, 2.45) is 5.73 Å². The summed E-state index contributed by atoms with van der Waals surface area (Å²) in [4.78, 5) is 17.1. The van der Waals surface area contributed by atoms with Gasteiger partial charge < -0.3 is 10.6 Å². The lowest BCUT2D eigenvalue weighted by Gasteiger charge is -2.37. The van der Waals surface area contributed by atoms with Gasteiger partial charge in [0.05, 0.1) is 0 Å². The zero-order valence-electron chi connectivity index (χ0n) is 12.5. The summed E-state index contributed by atoms with van der Waals surface area (Å²) in [5.41, 5.74) is 5.83. The Hall–Kier alpha value is -0.610. The highest BCUT2D eigenvalue weighted by Crippen LogP contribution is 2.27. The molecule has 4 nitrogen and oxygen atoms in total. The molecule has 2 rings (SSSR count). The van der Waals surface area contributed by atoms with Crippen molar-refractivity contribution >= 4 is 5.91 Å². The van der Waals surface area contributed by atoms with E-state index < -0.39 is 0 Å². The molecule has 1 saturated carbocycles. The van der Waals surface area contributed by atoms with Crippen molar-refractivity contribution in [3.05, 3.63) is 0 Å². The highest BCUT2D eigenvalue weighted by Gasteiger charge is 2.36. The number of hydrogen-bond donors (Lipinski definition) is 1. The summed E-state index contributed by atoms with van der Waals surface area (Å²) in [6, 6.07) is 0.688. The van der Waals surface area contributed by atoms with E-state index in [9.17, 15) is 4.79 Å². The van der Waals surface area contributed by atoms with Crippen LogP contribution in [0, 0.1) is 0 Å². The lowest BCUT2D eigenvalue weighted by Crippen LogP contribution is -2.53. The SMILES string of the molecule is CC1CCN(C)C(CN)C(=O)N1C1CCCCCC1. The lowest BCUT2D eigenvalue weighted by atomic mass is 10.0. The second-order valence-corrected chi connectivity index (χ2v) is 6.26. The van der Waals surface area contributed by atoms with Crippen LogP contribution in [0.3, 0.4) is 0 Å². The Morgan fingerprint density at radius 1 is 1.16 bits per heavy atom. The zero-order valence-corrected chi connectivity index (χ0v) is 12.5. The van der Waals surface area contributed by atoms with Crippen LogP contribution in [0.4, 0.5) is 0 Å². The quantitative estimate of drug-likeness (QED) is 0.773. The molecule has 1 aliphatic heterocycles. The maximum absolute atomic E-state index is 12.8. The number of nitrogens with zero attached hydrogens (tertiary/aromatic N) is 2. The summed E-state index contributed by atoms with van der Waals surface area (Å²) in [6.45, 7) is 3.61. The van der Waals surface area contributed by atoms with Crippen molar-refractivity contribution in [3.63, 3.8) is 0 Å². The molecule has 0 bridgehead atoms. The van der Waals surface area contributed by atoms with Crippen molar-refractivity contribution in [1.82, 2.24) is 9.80 Å². The third-order valence-electron chi connectivity index (χ3n) is 4.89. The number of likely N-dealkylation sites (N-methyl/N-ethyl adjacent to an activating group) is 1. The predicted octanol–water partition coefficient (Wildman–Crippen LogP) is 1.59. The van der Waals surface area contributed by atoms with Crippen molar-refractivity contribution in [3.8, 4) is 0 Å². The Morgan fingerprint density at radius 2 is 1.79 bits per heavy atom. The third-order valence-corrected chi connectivity index (χ3v) is 4.89. The van der Waals surface area contributed by atoms with E-state index in [0.717, 1.165) is 13.0 Å². The average Bonchev–Trinajstić information content (AvgIpc) is 2.70. The first-order valence-corrected chi connectivity index (χ1v) is 7.87. The van der Waals surface area contributed by atoms with Crippen LogP contribution in [0.2, 0.25) is 0 Å².